The van der Waals surface area contributed by atoms with E-state index in [0.29, 0.717) is 6.54 Å². The highest BCUT2D eigenvalue weighted by molar-refractivity contribution is 5.78. The maximum Gasteiger partial charge on any atom is 0.223 e. The van der Waals surface area contributed by atoms with Crippen LogP contribution >= 0.6 is 0 Å². The minimum absolute atomic E-state index is 0.0688. The van der Waals surface area contributed by atoms with Gasteiger partial charge in [0.15, 0.2) is 0 Å². The molecule has 2 aromatic carbocycles. The number of imidazole rings is 1. The van der Waals surface area contributed by atoms with Crippen LogP contribution in [-0.4, -0.2) is 41.0 Å². The van der Waals surface area contributed by atoms with E-state index in [9.17, 15) is 4.79 Å². The third-order valence-electron chi connectivity index (χ3n) is 5.66. The van der Waals surface area contributed by atoms with Gasteiger partial charge in [-0.2, -0.15) is 0 Å². The number of amides is 1. The lowest BCUT2D eigenvalue weighted by Gasteiger charge is -2.30. The smallest absolute Gasteiger partial charge is 0.223 e. The van der Waals surface area contributed by atoms with Gasteiger partial charge in [0.25, 0.3) is 0 Å². The van der Waals surface area contributed by atoms with Crippen LogP contribution in [-0.2, 0) is 17.9 Å². The van der Waals surface area contributed by atoms with E-state index in [0.717, 1.165) is 60.6 Å². The molecule has 1 aliphatic heterocycles. The summed E-state index contributed by atoms with van der Waals surface area (Å²) >= 11 is 0. The van der Waals surface area contributed by atoms with Gasteiger partial charge in [-0.15, -0.1) is 0 Å². The molecule has 6 nitrogen and oxygen atoms in total. The summed E-state index contributed by atoms with van der Waals surface area (Å²) in [7, 11) is 1.65. The van der Waals surface area contributed by atoms with Crippen molar-refractivity contribution in [3.63, 3.8) is 0 Å². The van der Waals surface area contributed by atoms with Crippen LogP contribution in [0.4, 0.5) is 0 Å². The third-order valence-corrected chi connectivity index (χ3v) is 5.66. The summed E-state index contributed by atoms with van der Waals surface area (Å²) in [4.78, 5) is 23.1. The van der Waals surface area contributed by atoms with E-state index >= 15 is 0 Å². The number of H-pyrrole nitrogens is 1. The Morgan fingerprint density at radius 1 is 1.24 bits per heavy atom. The number of methoxy groups -OCH3 is 1. The molecule has 4 rings (SSSR count). The molecule has 1 aliphatic rings. The highest BCUT2D eigenvalue weighted by atomic mass is 16.5. The van der Waals surface area contributed by atoms with E-state index in [2.05, 4.69) is 40.3 Å². The van der Waals surface area contributed by atoms with E-state index in [1.165, 1.54) is 5.56 Å². The Hall–Kier alpha value is -2.86. The van der Waals surface area contributed by atoms with Gasteiger partial charge in [0.2, 0.25) is 5.91 Å². The molecule has 0 unspecified atom stereocenters. The van der Waals surface area contributed by atoms with Gasteiger partial charge >= 0.3 is 0 Å². The van der Waals surface area contributed by atoms with E-state index in [1.807, 2.05) is 24.3 Å². The second-order valence-electron chi connectivity index (χ2n) is 7.78. The van der Waals surface area contributed by atoms with Crippen LogP contribution in [0.1, 0.15) is 29.8 Å². The highest BCUT2D eigenvalue weighted by Crippen LogP contribution is 2.21. The lowest BCUT2D eigenvalue weighted by atomic mass is 9.96. The van der Waals surface area contributed by atoms with E-state index < -0.39 is 0 Å². The van der Waals surface area contributed by atoms with Crippen molar-refractivity contribution in [2.45, 2.75) is 32.9 Å². The first-order valence-electron chi connectivity index (χ1n) is 10.2. The van der Waals surface area contributed by atoms with Crippen LogP contribution in [0.25, 0.3) is 11.0 Å². The molecule has 0 saturated carbocycles. The number of fused-ring (bicyclic) bond motifs is 1. The zero-order valence-electron chi connectivity index (χ0n) is 17.1. The molecular formula is C23H28N4O2. The molecule has 0 aliphatic carbocycles. The Morgan fingerprint density at radius 2 is 2.03 bits per heavy atom. The van der Waals surface area contributed by atoms with E-state index in [4.69, 9.17) is 9.72 Å². The Bertz CT molecular complexity index is 989. The molecule has 0 bridgehead atoms. The van der Waals surface area contributed by atoms with Crippen LogP contribution in [0.5, 0.6) is 5.75 Å². The standard InChI is InChI=1S/C23H28N4O2/c1-16-7-8-19-20(13-16)26-22(25-19)15-27-11-9-17(10-12-27)23(28)24-14-18-5-3-4-6-21(18)29-2/h3-8,13,17H,9-12,14-15H2,1-2H3,(H,24,28)(H,25,26). The lowest BCUT2D eigenvalue weighted by Crippen LogP contribution is -2.40. The van der Waals surface area contributed by atoms with Gasteiger partial charge in [0.05, 0.1) is 24.7 Å². The Balaban J connectivity index is 1.27. The number of hydrogen-bond acceptors (Lipinski definition) is 4. The van der Waals surface area contributed by atoms with Gasteiger partial charge < -0.3 is 15.0 Å². The molecule has 3 aromatic rings. The van der Waals surface area contributed by atoms with Crippen molar-refractivity contribution in [1.82, 2.24) is 20.2 Å². The van der Waals surface area contributed by atoms with Crippen molar-refractivity contribution in [1.29, 1.82) is 0 Å². The molecule has 1 amide bonds. The van der Waals surface area contributed by atoms with E-state index in [1.54, 1.807) is 7.11 Å². The number of carbonyl (C=O) groups excluding carboxylic acids is 1. The number of nitrogens with one attached hydrogen (secondary N) is 2. The zero-order chi connectivity index (χ0) is 20.2. The van der Waals surface area contributed by atoms with Gasteiger partial charge in [0, 0.05) is 18.0 Å². The van der Waals surface area contributed by atoms with Gasteiger partial charge in [0.1, 0.15) is 11.6 Å². The van der Waals surface area contributed by atoms with Gasteiger partial charge in [-0.3, -0.25) is 9.69 Å². The summed E-state index contributed by atoms with van der Waals surface area (Å²) in [5, 5.41) is 3.07. The average Bonchev–Trinajstić information content (AvgIpc) is 3.14. The molecule has 1 aromatic heterocycles. The molecule has 6 heteroatoms. The van der Waals surface area contributed by atoms with Crippen LogP contribution in [0.3, 0.4) is 0 Å². The predicted octanol–water partition coefficient (Wildman–Crippen LogP) is 3.41. The molecular weight excluding hydrogens is 364 g/mol. The monoisotopic (exact) mass is 392 g/mol. The zero-order valence-corrected chi connectivity index (χ0v) is 17.1. The first kappa shape index (κ1) is 19.5. The van der Waals surface area contributed by atoms with E-state index in [-0.39, 0.29) is 11.8 Å². The topological polar surface area (TPSA) is 70.2 Å². The number of likely N-dealkylation sites (tertiary alicyclic amines) is 1. The number of carbonyl (C=O) groups is 1. The average molecular weight is 393 g/mol. The minimum atomic E-state index is 0.0688. The molecule has 29 heavy (non-hydrogen) atoms. The number of benzene rings is 2. The molecule has 2 heterocycles. The molecule has 0 spiro atoms. The second-order valence-corrected chi connectivity index (χ2v) is 7.78. The summed E-state index contributed by atoms with van der Waals surface area (Å²) in [6.07, 6.45) is 1.74. The van der Waals surface area contributed by atoms with Crippen molar-refractivity contribution < 1.29 is 9.53 Å². The minimum Gasteiger partial charge on any atom is -0.496 e. The maximum absolute atomic E-state index is 12.6. The first-order chi connectivity index (χ1) is 14.1. The number of aromatic amines is 1. The summed E-state index contributed by atoms with van der Waals surface area (Å²) < 4.78 is 5.36. The Labute approximate surface area is 171 Å². The SMILES string of the molecule is COc1ccccc1CNC(=O)C1CCN(Cc2nc3ccc(C)cc3[nH]2)CC1. The van der Waals surface area contributed by atoms with Crippen LogP contribution < -0.4 is 10.1 Å². The Morgan fingerprint density at radius 3 is 2.83 bits per heavy atom. The summed E-state index contributed by atoms with van der Waals surface area (Å²) in [5.74, 6) is 2.00. The normalized spacial score (nSPS) is 15.5. The largest absolute Gasteiger partial charge is 0.496 e. The predicted molar refractivity (Wildman–Crippen MR) is 114 cm³/mol. The number of aryl methyl sites for hydroxylation is 1. The fourth-order valence-electron chi connectivity index (χ4n) is 3.99. The van der Waals surface area contributed by atoms with Crippen LogP contribution in [0.15, 0.2) is 42.5 Å². The molecule has 1 saturated heterocycles. The van der Waals surface area contributed by atoms with Crippen molar-refractivity contribution >= 4 is 16.9 Å². The number of rotatable bonds is 6. The van der Waals surface area contributed by atoms with Gasteiger partial charge in [-0.1, -0.05) is 24.3 Å². The molecule has 1 fully saturated rings. The van der Waals surface area contributed by atoms with Gasteiger partial charge in [-0.05, 0) is 56.6 Å². The fraction of sp³-hybridized carbons (Fsp3) is 0.391. The van der Waals surface area contributed by atoms with Crippen LogP contribution in [0.2, 0.25) is 0 Å². The molecule has 0 radical (unpaired) electrons. The van der Waals surface area contributed by atoms with Crippen molar-refractivity contribution in [2.75, 3.05) is 20.2 Å². The van der Waals surface area contributed by atoms with Crippen molar-refractivity contribution in [3.8, 4) is 5.75 Å². The number of nitrogens with zero attached hydrogens (tertiary/aromatic N) is 2. The number of ether oxygens (including phenoxy) is 1. The maximum atomic E-state index is 12.6. The van der Waals surface area contributed by atoms with Gasteiger partial charge in [-0.25, -0.2) is 4.98 Å². The first-order valence-corrected chi connectivity index (χ1v) is 10.2. The Kier molecular flexibility index (Phi) is 5.81. The van der Waals surface area contributed by atoms with Crippen molar-refractivity contribution in [3.05, 3.63) is 59.4 Å². The molecule has 152 valence electrons. The highest BCUT2D eigenvalue weighted by Gasteiger charge is 2.25. The fourth-order valence-corrected chi connectivity index (χ4v) is 3.99. The van der Waals surface area contributed by atoms with Crippen molar-refractivity contribution in [2.24, 2.45) is 5.92 Å². The summed E-state index contributed by atoms with van der Waals surface area (Å²) in [6.45, 7) is 5.19. The number of para-hydroxylation sites is 1. The lowest BCUT2D eigenvalue weighted by molar-refractivity contribution is -0.126. The number of aromatic nitrogens is 2. The third kappa shape index (κ3) is 4.59. The molecule has 2 N–H and O–H groups in total. The van der Waals surface area contributed by atoms with Crippen LogP contribution in [0, 0.1) is 12.8 Å². The number of piperidine rings is 1. The molecule has 0 atom stereocenters. The second kappa shape index (κ2) is 8.66. The quantitative estimate of drug-likeness (QED) is 0.674. The summed E-state index contributed by atoms with van der Waals surface area (Å²) in [5.41, 5.74) is 4.33. The summed E-state index contributed by atoms with van der Waals surface area (Å²) in [6, 6.07) is 14.1. The number of hydrogen-bond donors (Lipinski definition) is 2.